The SMILES string of the molecule is O=S(=O)(Nc1cccc2nsnc12)c1cncc(Br)c1. The number of hydrogen-bond acceptors (Lipinski definition) is 6. The van der Waals surface area contributed by atoms with Crippen molar-refractivity contribution < 1.29 is 8.42 Å². The maximum Gasteiger partial charge on any atom is 0.263 e. The van der Waals surface area contributed by atoms with Crippen LogP contribution in [0.25, 0.3) is 11.0 Å². The minimum absolute atomic E-state index is 0.0760. The van der Waals surface area contributed by atoms with Crippen LogP contribution in [0.2, 0.25) is 0 Å². The van der Waals surface area contributed by atoms with Gasteiger partial charge in [0.2, 0.25) is 0 Å². The number of rotatable bonds is 3. The molecule has 0 aliphatic rings. The predicted molar refractivity (Wildman–Crippen MR) is 80.2 cm³/mol. The second kappa shape index (κ2) is 5.08. The van der Waals surface area contributed by atoms with Gasteiger partial charge in [0.05, 0.1) is 17.4 Å². The number of nitrogens with zero attached hydrogens (tertiary/aromatic N) is 3. The molecule has 9 heteroatoms. The molecule has 0 aliphatic carbocycles. The van der Waals surface area contributed by atoms with E-state index in [1.165, 1.54) is 18.5 Å². The lowest BCUT2D eigenvalue weighted by Crippen LogP contribution is -2.13. The summed E-state index contributed by atoms with van der Waals surface area (Å²) < 4.78 is 35.9. The van der Waals surface area contributed by atoms with E-state index in [2.05, 4.69) is 34.4 Å². The van der Waals surface area contributed by atoms with E-state index in [0.29, 0.717) is 21.2 Å². The summed E-state index contributed by atoms with van der Waals surface area (Å²) in [6.45, 7) is 0. The maximum atomic E-state index is 12.3. The van der Waals surface area contributed by atoms with E-state index in [1.54, 1.807) is 18.2 Å². The average Bonchev–Trinajstić information content (AvgIpc) is 2.88. The molecule has 3 rings (SSSR count). The Morgan fingerprint density at radius 3 is 2.85 bits per heavy atom. The molecule has 0 bridgehead atoms. The third kappa shape index (κ3) is 2.51. The lowest BCUT2D eigenvalue weighted by atomic mass is 10.3. The smallest absolute Gasteiger partial charge is 0.263 e. The van der Waals surface area contributed by atoms with Gasteiger partial charge in [-0.15, -0.1) is 0 Å². The topological polar surface area (TPSA) is 84.8 Å². The summed E-state index contributed by atoms with van der Waals surface area (Å²) in [4.78, 5) is 3.93. The number of hydrogen-bond donors (Lipinski definition) is 1. The Balaban J connectivity index is 2.04. The van der Waals surface area contributed by atoms with Crippen LogP contribution in [0.4, 0.5) is 5.69 Å². The molecular formula is C11H7BrN4O2S2. The number of anilines is 1. The van der Waals surface area contributed by atoms with Crippen molar-refractivity contribution in [1.29, 1.82) is 0 Å². The summed E-state index contributed by atoms with van der Waals surface area (Å²) in [5.74, 6) is 0. The predicted octanol–water partition coefficient (Wildman–Crippen LogP) is 2.65. The summed E-state index contributed by atoms with van der Waals surface area (Å²) in [7, 11) is -3.71. The number of benzene rings is 1. The van der Waals surface area contributed by atoms with Gasteiger partial charge in [-0.25, -0.2) is 8.42 Å². The first-order chi connectivity index (χ1) is 9.56. The molecule has 1 aromatic carbocycles. The molecule has 0 fully saturated rings. The van der Waals surface area contributed by atoms with Crippen LogP contribution in [-0.4, -0.2) is 22.1 Å². The van der Waals surface area contributed by atoms with Gasteiger partial charge in [-0.1, -0.05) is 6.07 Å². The minimum atomic E-state index is -3.71. The van der Waals surface area contributed by atoms with E-state index in [9.17, 15) is 8.42 Å². The Morgan fingerprint density at radius 1 is 1.20 bits per heavy atom. The number of sulfonamides is 1. The van der Waals surface area contributed by atoms with E-state index in [4.69, 9.17) is 0 Å². The van der Waals surface area contributed by atoms with Crippen LogP contribution in [0.5, 0.6) is 0 Å². The molecule has 0 saturated carbocycles. The number of aromatic nitrogens is 3. The van der Waals surface area contributed by atoms with Crippen molar-refractivity contribution in [2.24, 2.45) is 0 Å². The zero-order valence-electron chi connectivity index (χ0n) is 9.82. The maximum absolute atomic E-state index is 12.3. The van der Waals surface area contributed by atoms with Gasteiger partial charge in [0, 0.05) is 16.9 Å². The number of nitrogens with one attached hydrogen (secondary N) is 1. The highest BCUT2D eigenvalue weighted by molar-refractivity contribution is 9.10. The first kappa shape index (κ1) is 13.4. The van der Waals surface area contributed by atoms with E-state index < -0.39 is 10.0 Å². The first-order valence-corrected chi connectivity index (χ1v) is 8.41. The monoisotopic (exact) mass is 370 g/mol. The zero-order valence-corrected chi connectivity index (χ0v) is 13.0. The van der Waals surface area contributed by atoms with Crippen LogP contribution in [0.1, 0.15) is 0 Å². The van der Waals surface area contributed by atoms with Gasteiger partial charge in [-0.2, -0.15) is 8.75 Å². The van der Waals surface area contributed by atoms with Crippen LogP contribution in [-0.2, 0) is 10.0 Å². The fourth-order valence-corrected chi connectivity index (χ4v) is 3.75. The molecule has 0 aliphatic heterocycles. The third-order valence-electron chi connectivity index (χ3n) is 2.52. The van der Waals surface area contributed by atoms with Crippen molar-refractivity contribution in [3.05, 3.63) is 41.1 Å². The van der Waals surface area contributed by atoms with Crippen molar-refractivity contribution in [1.82, 2.24) is 13.7 Å². The molecule has 1 N–H and O–H groups in total. The second-order valence-electron chi connectivity index (χ2n) is 3.88. The Kier molecular flexibility index (Phi) is 3.40. The van der Waals surface area contributed by atoms with E-state index in [-0.39, 0.29) is 4.90 Å². The van der Waals surface area contributed by atoms with Crippen molar-refractivity contribution in [2.45, 2.75) is 4.90 Å². The van der Waals surface area contributed by atoms with Crippen LogP contribution < -0.4 is 4.72 Å². The van der Waals surface area contributed by atoms with E-state index in [1.807, 2.05) is 0 Å². The van der Waals surface area contributed by atoms with Crippen molar-refractivity contribution in [3.63, 3.8) is 0 Å². The Labute approximate surface area is 127 Å². The molecular weight excluding hydrogens is 364 g/mol. The second-order valence-corrected chi connectivity index (χ2v) is 7.01. The normalized spacial score (nSPS) is 11.7. The summed E-state index contributed by atoms with van der Waals surface area (Å²) in [5.41, 5.74) is 1.59. The molecule has 2 heterocycles. The summed E-state index contributed by atoms with van der Waals surface area (Å²) >= 11 is 4.23. The largest absolute Gasteiger partial charge is 0.277 e. The van der Waals surface area contributed by atoms with Gasteiger partial charge in [-0.3, -0.25) is 9.71 Å². The summed E-state index contributed by atoms with van der Waals surface area (Å²) in [6, 6.07) is 6.62. The molecule has 0 atom stereocenters. The molecule has 0 saturated heterocycles. The number of fused-ring (bicyclic) bond motifs is 1. The minimum Gasteiger partial charge on any atom is -0.277 e. The highest BCUT2D eigenvalue weighted by Crippen LogP contribution is 2.24. The Hall–Kier alpha value is -1.58. The molecule has 20 heavy (non-hydrogen) atoms. The number of pyridine rings is 1. The highest BCUT2D eigenvalue weighted by atomic mass is 79.9. The molecule has 0 unspecified atom stereocenters. The van der Waals surface area contributed by atoms with Crippen LogP contribution in [0.3, 0.4) is 0 Å². The molecule has 3 aromatic rings. The van der Waals surface area contributed by atoms with E-state index in [0.717, 1.165) is 11.7 Å². The van der Waals surface area contributed by atoms with Crippen molar-refractivity contribution in [2.75, 3.05) is 4.72 Å². The third-order valence-corrected chi connectivity index (χ3v) is 4.83. The Bertz CT molecular complexity index is 879. The quantitative estimate of drug-likeness (QED) is 0.765. The van der Waals surface area contributed by atoms with Crippen molar-refractivity contribution >= 4 is 54.4 Å². The average molecular weight is 371 g/mol. The molecule has 0 amide bonds. The lowest BCUT2D eigenvalue weighted by molar-refractivity contribution is 0.601. The zero-order chi connectivity index (χ0) is 14.2. The van der Waals surface area contributed by atoms with Crippen LogP contribution >= 0.6 is 27.7 Å². The van der Waals surface area contributed by atoms with E-state index >= 15 is 0 Å². The molecule has 6 nitrogen and oxygen atoms in total. The fourth-order valence-electron chi connectivity index (χ4n) is 1.63. The van der Waals surface area contributed by atoms with Gasteiger partial charge in [0.1, 0.15) is 15.9 Å². The molecule has 102 valence electrons. The summed E-state index contributed by atoms with van der Waals surface area (Å²) in [6.07, 6.45) is 2.80. The summed E-state index contributed by atoms with van der Waals surface area (Å²) in [5, 5.41) is 0. The molecule has 0 spiro atoms. The van der Waals surface area contributed by atoms with Gasteiger partial charge < -0.3 is 0 Å². The molecule has 0 radical (unpaired) electrons. The fraction of sp³-hybridized carbons (Fsp3) is 0. The standard InChI is InChI=1S/C11H7BrN4O2S2/c12-7-4-8(6-13-5-7)20(17,18)16-10-3-1-2-9-11(10)15-19-14-9/h1-6,16H. The van der Waals surface area contributed by atoms with Gasteiger partial charge in [-0.05, 0) is 34.1 Å². The first-order valence-electron chi connectivity index (χ1n) is 5.41. The number of halogens is 1. The van der Waals surface area contributed by atoms with Crippen LogP contribution in [0, 0.1) is 0 Å². The Morgan fingerprint density at radius 2 is 2.05 bits per heavy atom. The highest BCUT2D eigenvalue weighted by Gasteiger charge is 2.17. The van der Waals surface area contributed by atoms with Gasteiger partial charge >= 0.3 is 0 Å². The lowest BCUT2D eigenvalue weighted by Gasteiger charge is -2.08. The van der Waals surface area contributed by atoms with Gasteiger partial charge in [0.25, 0.3) is 10.0 Å². The van der Waals surface area contributed by atoms with Gasteiger partial charge in [0.15, 0.2) is 0 Å². The van der Waals surface area contributed by atoms with Crippen LogP contribution in [0.15, 0.2) is 46.0 Å². The van der Waals surface area contributed by atoms with Crippen molar-refractivity contribution in [3.8, 4) is 0 Å². The molecule has 2 aromatic heterocycles.